The highest BCUT2D eigenvalue weighted by Gasteiger charge is 2.34. The molecule has 0 spiro atoms. The number of likely N-dealkylation sites (N-methyl/N-ethyl adjacent to an activating group) is 1. The number of amides is 1. The van der Waals surface area contributed by atoms with Crippen LogP contribution in [0, 0.1) is 11.7 Å². The first-order valence-corrected chi connectivity index (χ1v) is 13.1. The molecule has 41 heavy (non-hydrogen) atoms. The minimum Gasteiger partial charge on any atom is -0.454 e. The zero-order valence-corrected chi connectivity index (χ0v) is 23.0. The number of aryl methyl sites for hydroxylation is 1. The monoisotopic (exact) mass is 553 g/mol. The van der Waals surface area contributed by atoms with Gasteiger partial charge in [0.2, 0.25) is 0 Å². The topological polar surface area (TPSA) is 114 Å². The lowest BCUT2D eigenvalue weighted by Crippen LogP contribution is -2.26. The number of nitrogens with zero attached hydrogens (tertiary/aromatic N) is 8. The molecular formula is C29H28FN9O2. The molecule has 1 saturated heterocycles. The quantitative estimate of drug-likeness (QED) is 0.292. The van der Waals surface area contributed by atoms with Gasteiger partial charge in [-0.15, -0.1) is 5.10 Å². The van der Waals surface area contributed by atoms with Gasteiger partial charge in [-0.3, -0.25) is 9.69 Å². The number of carbonyl (C=O) groups is 1. The van der Waals surface area contributed by atoms with Crippen LogP contribution in [0.2, 0.25) is 0 Å². The van der Waals surface area contributed by atoms with Crippen LogP contribution in [0.25, 0.3) is 21.9 Å². The normalized spacial score (nSPS) is 16.4. The number of anilines is 3. The Kier molecular flexibility index (Phi) is 6.75. The highest BCUT2D eigenvalue weighted by molar-refractivity contribution is 6.09. The number of hydrogen-bond acceptors (Lipinski definition) is 9. The van der Waals surface area contributed by atoms with Gasteiger partial charge in [-0.2, -0.15) is 0 Å². The van der Waals surface area contributed by atoms with Crippen molar-refractivity contribution in [1.82, 2.24) is 34.8 Å². The van der Waals surface area contributed by atoms with Gasteiger partial charge in [-0.25, -0.2) is 24.0 Å². The van der Waals surface area contributed by atoms with E-state index in [9.17, 15) is 4.79 Å². The third-order valence-electron chi connectivity index (χ3n) is 6.94. The molecule has 4 heterocycles. The summed E-state index contributed by atoms with van der Waals surface area (Å²) in [5.74, 6) is 0.953. The van der Waals surface area contributed by atoms with E-state index in [1.807, 2.05) is 38.1 Å². The van der Waals surface area contributed by atoms with Gasteiger partial charge in [0.15, 0.2) is 11.6 Å². The van der Waals surface area contributed by atoms with Crippen LogP contribution >= 0.6 is 0 Å². The number of nitrogens with one attached hydrogen (secondary N) is 1. The Morgan fingerprint density at radius 1 is 1.12 bits per heavy atom. The molecule has 1 aliphatic rings. The van der Waals surface area contributed by atoms with E-state index < -0.39 is 5.82 Å². The van der Waals surface area contributed by atoms with Crippen molar-refractivity contribution in [2.75, 3.05) is 37.4 Å². The number of pyridine rings is 1. The summed E-state index contributed by atoms with van der Waals surface area (Å²) in [5, 5.41) is 11.9. The Hall–Kier alpha value is -4.97. The van der Waals surface area contributed by atoms with E-state index in [4.69, 9.17) is 4.74 Å². The fourth-order valence-electron chi connectivity index (χ4n) is 4.79. The van der Waals surface area contributed by atoms with Gasteiger partial charge < -0.3 is 15.0 Å². The fraction of sp³-hybridized carbons (Fsp3) is 0.241. The van der Waals surface area contributed by atoms with E-state index in [1.54, 1.807) is 53.2 Å². The van der Waals surface area contributed by atoms with Gasteiger partial charge in [0.25, 0.3) is 5.91 Å². The van der Waals surface area contributed by atoms with E-state index in [1.165, 1.54) is 12.4 Å². The van der Waals surface area contributed by atoms with Gasteiger partial charge in [-0.05, 0) is 44.4 Å². The Morgan fingerprint density at radius 3 is 2.78 bits per heavy atom. The summed E-state index contributed by atoms with van der Waals surface area (Å²) in [6.45, 7) is 3.25. The molecule has 208 valence electrons. The summed E-state index contributed by atoms with van der Waals surface area (Å²) >= 11 is 0. The van der Waals surface area contributed by atoms with E-state index >= 15 is 4.39 Å². The summed E-state index contributed by atoms with van der Waals surface area (Å²) in [7, 11) is 5.73. The minimum atomic E-state index is -0.552. The van der Waals surface area contributed by atoms with Crippen molar-refractivity contribution in [3.63, 3.8) is 0 Å². The first-order chi connectivity index (χ1) is 19.8. The second-order valence-electron chi connectivity index (χ2n) is 10.3. The standard InChI is InChI=1S/C29H28FN9O2/c1-17-15-39(29(40)20(17)9-10-37(2)3)27-13-21-24(14-31-27)32-16-33-28(21)34-18-5-8-26(22(30)11-18)41-19-6-7-25-23(12-19)35-36-38(25)4/h5-9,11-14,16-17H,10,15H2,1-4H3,(H,32,33,34)/b20-9+/t17-/m0/s1. The maximum atomic E-state index is 15.1. The third kappa shape index (κ3) is 5.16. The van der Waals surface area contributed by atoms with Gasteiger partial charge in [0.05, 0.1) is 17.2 Å². The number of fused-ring (bicyclic) bond motifs is 2. The number of ether oxygens (including phenoxy) is 1. The second kappa shape index (κ2) is 10.5. The number of rotatable bonds is 7. The molecule has 0 radical (unpaired) electrons. The number of halogens is 1. The van der Waals surface area contributed by atoms with Crippen LogP contribution in [0.5, 0.6) is 11.5 Å². The molecule has 1 atom stereocenters. The highest BCUT2D eigenvalue weighted by atomic mass is 19.1. The number of carbonyl (C=O) groups excluding carboxylic acids is 1. The third-order valence-corrected chi connectivity index (χ3v) is 6.94. The van der Waals surface area contributed by atoms with E-state index in [0.717, 1.165) is 11.1 Å². The molecule has 1 fully saturated rings. The van der Waals surface area contributed by atoms with Gasteiger partial charge in [0, 0.05) is 54.8 Å². The Bertz CT molecular complexity index is 1820. The van der Waals surface area contributed by atoms with Crippen molar-refractivity contribution >= 4 is 45.2 Å². The van der Waals surface area contributed by atoms with Crippen LogP contribution in [-0.2, 0) is 11.8 Å². The maximum absolute atomic E-state index is 15.1. The van der Waals surface area contributed by atoms with E-state index in [0.29, 0.717) is 52.6 Å². The largest absolute Gasteiger partial charge is 0.454 e. The van der Waals surface area contributed by atoms with Crippen LogP contribution in [0.4, 0.5) is 21.7 Å². The smallest absolute Gasteiger partial charge is 0.255 e. The predicted molar refractivity (Wildman–Crippen MR) is 154 cm³/mol. The van der Waals surface area contributed by atoms with E-state index in [-0.39, 0.29) is 17.6 Å². The molecule has 1 aliphatic heterocycles. The zero-order chi connectivity index (χ0) is 28.7. The lowest BCUT2D eigenvalue weighted by atomic mass is 10.0. The predicted octanol–water partition coefficient (Wildman–Crippen LogP) is 4.45. The van der Waals surface area contributed by atoms with Crippen molar-refractivity contribution in [2.24, 2.45) is 13.0 Å². The summed E-state index contributed by atoms with van der Waals surface area (Å²) in [5.41, 5.74) is 3.33. The molecular weight excluding hydrogens is 525 g/mol. The van der Waals surface area contributed by atoms with Crippen molar-refractivity contribution in [1.29, 1.82) is 0 Å². The van der Waals surface area contributed by atoms with Gasteiger partial charge in [0.1, 0.15) is 29.2 Å². The molecule has 0 saturated carbocycles. The highest BCUT2D eigenvalue weighted by Crippen LogP contribution is 2.33. The minimum absolute atomic E-state index is 0.0614. The van der Waals surface area contributed by atoms with Crippen LogP contribution in [0.1, 0.15) is 6.92 Å². The molecule has 5 aromatic rings. The molecule has 1 N–H and O–H groups in total. The Labute approximate surface area is 235 Å². The summed E-state index contributed by atoms with van der Waals surface area (Å²) < 4.78 is 22.5. The molecule has 0 aliphatic carbocycles. The molecule has 12 heteroatoms. The molecule has 3 aromatic heterocycles. The maximum Gasteiger partial charge on any atom is 0.255 e. The average Bonchev–Trinajstić information content (AvgIpc) is 3.46. The van der Waals surface area contributed by atoms with Crippen molar-refractivity contribution in [3.8, 4) is 11.5 Å². The number of aromatic nitrogens is 6. The summed E-state index contributed by atoms with van der Waals surface area (Å²) in [6.07, 6.45) is 5.00. The molecule has 6 rings (SSSR count). The van der Waals surface area contributed by atoms with E-state index in [2.05, 4.69) is 30.6 Å². The number of benzene rings is 2. The lowest BCUT2D eigenvalue weighted by molar-refractivity contribution is -0.114. The zero-order valence-electron chi connectivity index (χ0n) is 23.0. The lowest BCUT2D eigenvalue weighted by Gasteiger charge is -2.16. The van der Waals surface area contributed by atoms with Gasteiger partial charge in [-0.1, -0.05) is 18.2 Å². The SMILES string of the molecule is C[C@H]1CN(c2cc3c(Nc4ccc(Oc5ccc6c(c5)nnn6C)c(F)c4)ncnc3cn2)C(=O)/C1=C/CN(C)C. The Morgan fingerprint density at radius 2 is 1.98 bits per heavy atom. The number of hydrogen-bond donors (Lipinski definition) is 1. The van der Waals surface area contributed by atoms with Crippen LogP contribution in [0.3, 0.4) is 0 Å². The molecule has 1 amide bonds. The first-order valence-electron chi connectivity index (χ1n) is 13.1. The molecule has 0 bridgehead atoms. The summed E-state index contributed by atoms with van der Waals surface area (Å²) in [4.78, 5) is 30.1. The van der Waals surface area contributed by atoms with Crippen LogP contribution < -0.4 is 15.0 Å². The average molecular weight is 554 g/mol. The molecule has 0 unspecified atom stereocenters. The summed E-state index contributed by atoms with van der Waals surface area (Å²) in [6, 6.07) is 11.6. The first kappa shape index (κ1) is 26.3. The van der Waals surface area contributed by atoms with Crippen molar-refractivity contribution in [2.45, 2.75) is 6.92 Å². The molecule has 11 nitrogen and oxygen atoms in total. The fourth-order valence-corrected chi connectivity index (χ4v) is 4.79. The Balaban J connectivity index is 1.24. The van der Waals surface area contributed by atoms with Gasteiger partial charge >= 0.3 is 0 Å². The van der Waals surface area contributed by atoms with Crippen LogP contribution in [-0.4, -0.2) is 67.9 Å². The second-order valence-corrected chi connectivity index (χ2v) is 10.3. The van der Waals surface area contributed by atoms with Crippen molar-refractivity contribution in [3.05, 3.63) is 72.5 Å². The van der Waals surface area contributed by atoms with Crippen molar-refractivity contribution < 1.29 is 13.9 Å². The molecule has 2 aromatic carbocycles. The van der Waals surface area contributed by atoms with Crippen LogP contribution in [0.15, 0.2) is 66.6 Å².